The Bertz CT molecular complexity index is 1030. The van der Waals surface area contributed by atoms with E-state index in [1.54, 1.807) is 29.8 Å². The first kappa shape index (κ1) is 17.4. The number of rotatable bonds is 4. The second kappa shape index (κ2) is 6.85. The Hall–Kier alpha value is -3.39. The summed E-state index contributed by atoms with van der Waals surface area (Å²) < 4.78 is 15.0. The molecular formula is C21H17FN2O2. The zero-order chi connectivity index (χ0) is 18.8. The summed E-state index contributed by atoms with van der Waals surface area (Å²) in [4.78, 5) is 15.4. The van der Waals surface area contributed by atoms with Crippen LogP contribution in [0.4, 0.5) is 10.1 Å². The largest absolute Gasteiger partial charge is 0.477 e. The molecule has 1 heterocycles. The van der Waals surface area contributed by atoms with Gasteiger partial charge in [-0.15, -0.1) is 0 Å². The van der Waals surface area contributed by atoms with E-state index in [-0.39, 0.29) is 11.5 Å². The molecule has 4 nitrogen and oxygen atoms in total. The molecule has 0 unspecified atom stereocenters. The summed E-state index contributed by atoms with van der Waals surface area (Å²) in [7, 11) is 1.67. The molecular weight excluding hydrogens is 331 g/mol. The standard InChI is InChI=1S/C21H17FN2O2/c1-4-17-19(23-2)18(20(21(25)26)24(17)3)14-10-8-13(9-11-14)15-6-5-7-16(22)12-15/h5-12H,4H2,1,3H3,(H,25,26). The lowest BCUT2D eigenvalue weighted by Crippen LogP contribution is -2.07. The van der Waals surface area contributed by atoms with Crippen molar-refractivity contribution < 1.29 is 14.3 Å². The maximum Gasteiger partial charge on any atom is 0.351 e. The van der Waals surface area contributed by atoms with Crippen molar-refractivity contribution in [3.8, 4) is 22.3 Å². The number of halogens is 1. The molecule has 26 heavy (non-hydrogen) atoms. The molecule has 0 aliphatic rings. The van der Waals surface area contributed by atoms with Gasteiger partial charge in [-0.25, -0.2) is 14.0 Å². The summed E-state index contributed by atoms with van der Waals surface area (Å²) in [6, 6.07) is 13.4. The number of carbonyl (C=O) groups is 1. The fourth-order valence-electron chi connectivity index (χ4n) is 3.26. The molecule has 3 aromatic rings. The monoisotopic (exact) mass is 348 g/mol. The van der Waals surface area contributed by atoms with Crippen LogP contribution in [-0.2, 0) is 13.5 Å². The first-order valence-corrected chi connectivity index (χ1v) is 8.16. The first-order chi connectivity index (χ1) is 12.5. The minimum atomic E-state index is -1.07. The van der Waals surface area contributed by atoms with Crippen LogP contribution in [0.5, 0.6) is 0 Å². The Kier molecular flexibility index (Phi) is 4.59. The molecule has 0 radical (unpaired) electrons. The van der Waals surface area contributed by atoms with Gasteiger partial charge in [0, 0.05) is 18.3 Å². The van der Waals surface area contributed by atoms with Gasteiger partial charge in [-0.2, -0.15) is 0 Å². The highest BCUT2D eigenvalue weighted by molar-refractivity contribution is 6.00. The van der Waals surface area contributed by atoms with Crippen molar-refractivity contribution in [2.75, 3.05) is 0 Å². The van der Waals surface area contributed by atoms with Crippen LogP contribution in [-0.4, -0.2) is 15.6 Å². The molecule has 0 aliphatic carbocycles. The van der Waals surface area contributed by atoms with Crippen LogP contribution in [0.15, 0.2) is 48.5 Å². The summed E-state index contributed by atoms with van der Waals surface area (Å²) in [5.74, 6) is -1.38. The van der Waals surface area contributed by atoms with Crippen molar-refractivity contribution in [1.82, 2.24) is 4.57 Å². The number of carboxylic acid groups (broad SMARTS) is 1. The highest BCUT2D eigenvalue weighted by Gasteiger charge is 2.25. The number of nitrogens with zero attached hydrogens (tertiary/aromatic N) is 2. The smallest absolute Gasteiger partial charge is 0.351 e. The van der Waals surface area contributed by atoms with Crippen molar-refractivity contribution in [3.05, 3.63) is 77.2 Å². The summed E-state index contributed by atoms with van der Waals surface area (Å²) >= 11 is 0. The van der Waals surface area contributed by atoms with Crippen molar-refractivity contribution in [1.29, 1.82) is 0 Å². The number of aromatic carboxylic acids is 1. The fraction of sp³-hybridized carbons (Fsp3) is 0.143. The van der Waals surface area contributed by atoms with Crippen molar-refractivity contribution in [3.63, 3.8) is 0 Å². The lowest BCUT2D eigenvalue weighted by Gasteiger charge is -2.07. The van der Waals surface area contributed by atoms with Gasteiger partial charge in [-0.05, 0) is 35.2 Å². The van der Waals surface area contributed by atoms with Crippen LogP contribution in [0.2, 0.25) is 0 Å². The van der Waals surface area contributed by atoms with Gasteiger partial charge >= 0.3 is 5.97 Å². The van der Waals surface area contributed by atoms with E-state index in [0.717, 1.165) is 11.1 Å². The van der Waals surface area contributed by atoms with E-state index in [1.807, 2.05) is 25.1 Å². The minimum Gasteiger partial charge on any atom is -0.477 e. The molecule has 0 fully saturated rings. The molecule has 0 bridgehead atoms. The average Bonchev–Trinajstić information content (AvgIpc) is 2.93. The minimum absolute atomic E-state index is 0.103. The topological polar surface area (TPSA) is 46.6 Å². The van der Waals surface area contributed by atoms with Crippen molar-refractivity contribution in [2.24, 2.45) is 7.05 Å². The van der Waals surface area contributed by atoms with Gasteiger partial charge in [0.2, 0.25) is 5.69 Å². The molecule has 0 spiro atoms. The normalized spacial score (nSPS) is 10.5. The van der Waals surface area contributed by atoms with E-state index in [4.69, 9.17) is 6.57 Å². The summed E-state index contributed by atoms with van der Waals surface area (Å²) in [6.45, 7) is 9.40. The third-order valence-electron chi connectivity index (χ3n) is 4.47. The van der Waals surface area contributed by atoms with Gasteiger partial charge in [0.05, 0.1) is 6.57 Å². The summed E-state index contributed by atoms with van der Waals surface area (Å²) in [5, 5.41) is 9.63. The van der Waals surface area contributed by atoms with Gasteiger partial charge in [-0.3, -0.25) is 0 Å². The molecule has 2 aromatic carbocycles. The fourth-order valence-corrected chi connectivity index (χ4v) is 3.26. The van der Waals surface area contributed by atoms with E-state index in [9.17, 15) is 14.3 Å². The van der Waals surface area contributed by atoms with Crippen LogP contribution < -0.4 is 0 Å². The molecule has 5 heteroatoms. The van der Waals surface area contributed by atoms with Crippen LogP contribution in [0.3, 0.4) is 0 Å². The zero-order valence-corrected chi connectivity index (χ0v) is 14.5. The highest BCUT2D eigenvalue weighted by atomic mass is 19.1. The number of carboxylic acids is 1. The van der Waals surface area contributed by atoms with Gasteiger partial charge < -0.3 is 9.67 Å². The number of aromatic nitrogens is 1. The SMILES string of the molecule is [C-]#[N+]c1c(-c2ccc(-c3cccc(F)c3)cc2)c(C(=O)O)n(C)c1CC. The Morgan fingerprint density at radius 1 is 1.15 bits per heavy atom. The number of hydrogen-bond acceptors (Lipinski definition) is 1. The Morgan fingerprint density at radius 3 is 2.35 bits per heavy atom. The van der Waals surface area contributed by atoms with E-state index in [0.29, 0.717) is 28.9 Å². The predicted molar refractivity (Wildman–Crippen MR) is 98.8 cm³/mol. The quantitative estimate of drug-likeness (QED) is 0.650. The Labute approximate surface area is 151 Å². The molecule has 0 atom stereocenters. The van der Waals surface area contributed by atoms with Crippen LogP contribution in [0, 0.1) is 12.4 Å². The lowest BCUT2D eigenvalue weighted by molar-refractivity contribution is 0.0687. The Balaban J connectivity index is 2.16. The second-order valence-electron chi connectivity index (χ2n) is 5.94. The lowest BCUT2D eigenvalue weighted by atomic mass is 9.99. The predicted octanol–water partition coefficient (Wildman–Crippen LogP) is 5.31. The maximum absolute atomic E-state index is 13.4. The molecule has 0 amide bonds. The van der Waals surface area contributed by atoms with E-state index in [2.05, 4.69) is 4.85 Å². The molecule has 0 saturated carbocycles. The average molecular weight is 348 g/mol. The van der Waals surface area contributed by atoms with Crippen LogP contribution in [0.1, 0.15) is 23.1 Å². The van der Waals surface area contributed by atoms with Gasteiger partial charge in [0.1, 0.15) is 11.5 Å². The molecule has 1 aromatic heterocycles. The van der Waals surface area contributed by atoms with E-state index in [1.165, 1.54) is 12.1 Å². The summed E-state index contributed by atoms with van der Waals surface area (Å²) in [6.07, 6.45) is 0.565. The Morgan fingerprint density at radius 2 is 1.81 bits per heavy atom. The molecule has 1 N–H and O–H groups in total. The van der Waals surface area contributed by atoms with E-state index >= 15 is 0 Å². The van der Waals surface area contributed by atoms with Gasteiger partial charge in [0.25, 0.3) is 0 Å². The van der Waals surface area contributed by atoms with Crippen molar-refractivity contribution in [2.45, 2.75) is 13.3 Å². The maximum atomic E-state index is 13.4. The third kappa shape index (κ3) is 2.86. The van der Waals surface area contributed by atoms with E-state index < -0.39 is 5.97 Å². The van der Waals surface area contributed by atoms with Crippen molar-refractivity contribution >= 4 is 11.7 Å². The van der Waals surface area contributed by atoms with Gasteiger partial charge in [-0.1, -0.05) is 43.3 Å². The molecule has 130 valence electrons. The van der Waals surface area contributed by atoms with Crippen LogP contribution >= 0.6 is 0 Å². The zero-order valence-electron chi connectivity index (χ0n) is 14.5. The first-order valence-electron chi connectivity index (χ1n) is 8.16. The highest BCUT2D eigenvalue weighted by Crippen LogP contribution is 2.40. The van der Waals surface area contributed by atoms with Crippen LogP contribution in [0.25, 0.3) is 27.1 Å². The number of hydrogen-bond donors (Lipinski definition) is 1. The second-order valence-corrected chi connectivity index (χ2v) is 5.94. The third-order valence-corrected chi connectivity index (χ3v) is 4.47. The van der Waals surface area contributed by atoms with Gasteiger partial charge in [0.15, 0.2) is 0 Å². The molecule has 3 rings (SSSR count). The number of benzene rings is 2. The summed E-state index contributed by atoms with van der Waals surface area (Å²) in [5.41, 5.74) is 3.81. The molecule has 0 aliphatic heterocycles. The molecule has 0 saturated heterocycles.